The molecule has 0 aliphatic carbocycles. The summed E-state index contributed by atoms with van der Waals surface area (Å²) in [5.41, 5.74) is 0.792. The molecule has 130 valence electrons. The first kappa shape index (κ1) is 18.5. The molecule has 0 fully saturated rings. The van der Waals surface area contributed by atoms with Crippen molar-refractivity contribution in [1.82, 2.24) is 9.29 Å². The molecule has 0 bridgehead atoms. The van der Waals surface area contributed by atoms with Gasteiger partial charge in [0.05, 0.1) is 14.2 Å². The van der Waals surface area contributed by atoms with Crippen LogP contribution in [-0.4, -0.2) is 38.5 Å². The van der Waals surface area contributed by atoms with Gasteiger partial charge in [-0.1, -0.05) is 24.6 Å². The topological polar surface area (TPSA) is 68.7 Å². The number of methoxy groups -OCH3 is 2. The largest absolute Gasteiger partial charge is 0.493 e. The van der Waals surface area contributed by atoms with Crippen LogP contribution in [-0.2, 0) is 16.6 Å². The van der Waals surface area contributed by atoms with Crippen molar-refractivity contribution in [3.05, 3.63) is 47.2 Å². The Morgan fingerprint density at radius 2 is 1.83 bits per heavy atom. The van der Waals surface area contributed by atoms with E-state index in [4.69, 9.17) is 21.1 Å². The molecule has 0 spiro atoms. The highest BCUT2D eigenvalue weighted by Crippen LogP contribution is 2.29. The van der Waals surface area contributed by atoms with Crippen molar-refractivity contribution in [2.24, 2.45) is 0 Å². The van der Waals surface area contributed by atoms with E-state index in [1.807, 2.05) is 0 Å². The summed E-state index contributed by atoms with van der Waals surface area (Å²) in [6.07, 6.45) is 1.26. The molecule has 8 heteroatoms. The Balaban J connectivity index is 2.30. The number of pyridine rings is 1. The Morgan fingerprint density at radius 1 is 1.12 bits per heavy atom. The van der Waals surface area contributed by atoms with Crippen LogP contribution >= 0.6 is 11.6 Å². The third-order valence-electron chi connectivity index (χ3n) is 3.50. The molecule has 0 saturated carbocycles. The number of rotatable bonds is 7. The zero-order valence-corrected chi connectivity index (χ0v) is 15.3. The second-order valence-electron chi connectivity index (χ2n) is 4.94. The van der Waals surface area contributed by atoms with Crippen LogP contribution in [0.4, 0.5) is 0 Å². The average molecular weight is 371 g/mol. The molecule has 2 aromatic rings. The summed E-state index contributed by atoms with van der Waals surface area (Å²) in [4.78, 5) is 3.95. The Hall–Kier alpha value is -1.83. The van der Waals surface area contributed by atoms with Gasteiger partial charge >= 0.3 is 0 Å². The number of nitrogens with zero attached hydrogens (tertiary/aromatic N) is 2. The maximum Gasteiger partial charge on any atom is 0.244 e. The summed E-state index contributed by atoms with van der Waals surface area (Å²) in [6.45, 7) is 2.31. The van der Waals surface area contributed by atoms with E-state index in [0.29, 0.717) is 18.0 Å². The molecule has 0 unspecified atom stereocenters. The normalized spacial score (nSPS) is 11.5. The van der Waals surface area contributed by atoms with Crippen LogP contribution in [0.15, 0.2) is 41.4 Å². The van der Waals surface area contributed by atoms with Gasteiger partial charge in [-0.05, 0) is 29.8 Å². The highest BCUT2D eigenvalue weighted by Gasteiger charge is 2.24. The van der Waals surface area contributed by atoms with Crippen LogP contribution < -0.4 is 9.47 Å². The highest BCUT2D eigenvalue weighted by atomic mass is 35.5. The quantitative estimate of drug-likeness (QED) is 0.701. The van der Waals surface area contributed by atoms with E-state index in [2.05, 4.69) is 4.98 Å². The van der Waals surface area contributed by atoms with Crippen LogP contribution in [0.5, 0.6) is 11.5 Å². The maximum atomic E-state index is 12.7. The fraction of sp³-hybridized carbons (Fsp3) is 0.312. The minimum atomic E-state index is -3.66. The Labute approximate surface area is 147 Å². The van der Waals surface area contributed by atoms with Crippen molar-refractivity contribution >= 4 is 21.6 Å². The van der Waals surface area contributed by atoms with Crippen molar-refractivity contribution < 1.29 is 17.9 Å². The predicted molar refractivity (Wildman–Crippen MR) is 92.1 cm³/mol. The number of sulfonamides is 1. The molecular formula is C16H19ClN2O4S. The average Bonchev–Trinajstić information content (AvgIpc) is 2.59. The van der Waals surface area contributed by atoms with Crippen LogP contribution in [0.1, 0.15) is 12.5 Å². The number of ether oxygens (including phenoxy) is 2. The zero-order chi connectivity index (χ0) is 17.7. The monoisotopic (exact) mass is 370 g/mol. The molecule has 24 heavy (non-hydrogen) atoms. The maximum absolute atomic E-state index is 12.7. The zero-order valence-electron chi connectivity index (χ0n) is 13.7. The van der Waals surface area contributed by atoms with Gasteiger partial charge in [-0.2, -0.15) is 4.31 Å². The predicted octanol–water partition coefficient (Wildman–Crippen LogP) is 2.96. The van der Waals surface area contributed by atoms with Crippen LogP contribution in [0.3, 0.4) is 0 Å². The molecule has 1 aromatic carbocycles. The van der Waals surface area contributed by atoms with Gasteiger partial charge in [0.1, 0.15) is 10.0 Å². The summed E-state index contributed by atoms with van der Waals surface area (Å²) in [5, 5.41) is 0.247. The number of benzene rings is 1. The summed E-state index contributed by atoms with van der Waals surface area (Å²) >= 11 is 5.72. The van der Waals surface area contributed by atoms with Crippen LogP contribution in [0.25, 0.3) is 0 Å². The van der Waals surface area contributed by atoms with E-state index < -0.39 is 10.0 Å². The minimum Gasteiger partial charge on any atom is -0.493 e. The van der Waals surface area contributed by atoms with Crippen LogP contribution in [0.2, 0.25) is 5.15 Å². The van der Waals surface area contributed by atoms with Gasteiger partial charge < -0.3 is 9.47 Å². The minimum absolute atomic E-state index is 0.106. The van der Waals surface area contributed by atoms with Crippen molar-refractivity contribution in [2.75, 3.05) is 20.8 Å². The number of aromatic nitrogens is 1. The van der Waals surface area contributed by atoms with Crippen molar-refractivity contribution in [3.8, 4) is 11.5 Å². The molecule has 0 atom stereocenters. The molecule has 1 heterocycles. The van der Waals surface area contributed by atoms with E-state index in [1.165, 1.54) is 29.7 Å². The molecular weight excluding hydrogens is 352 g/mol. The van der Waals surface area contributed by atoms with E-state index in [1.54, 1.807) is 32.2 Å². The SMILES string of the molecule is CCN(Cc1ccc(OC)c(OC)c1)S(=O)(=O)c1ccc(Cl)nc1. The Kier molecular flexibility index (Phi) is 6.04. The molecule has 0 saturated heterocycles. The Bertz CT molecular complexity index is 794. The van der Waals surface area contributed by atoms with Gasteiger partial charge in [-0.25, -0.2) is 13.4 Å². The standard InChI is InChI=1S/C16H19ClN2O4S/c1-4-19(24(20,21)13-6-8-16(17)18-10-13)11-12-5-7-14(22-2)15(9-12)23-3/h5-10H,4,11H2,1-3H3. The molecule has 6 nitrogen and oxygen atoms in total. The van der Waals surface area contributed by atoms with E-state index >= 15 is 0 Å². The molecule has 0 radical (unpaired) electrons. The lowest BCUT2D eigenvalue weighted by Gasteiger charge is -2.21. The van der Waals surface area contributed by atoms with Gasteiger partial charge in [0.15, 0.2) is 11.5 Å². The van der Waals surface area contributed by atoms with E-state index in [9.17, 15) is 8.42 Å². The Morgan fingerprint density at radius 3 is 2.38 bits per heavy atom. The van der Waals surface area contributed by atoms with Gasteiger partial charge in [-0.3, -0.25) is 0 Å². The van der Waals surface area contributed by atoms with Crippen molar-refractivity contribution in [2.45, 2.75) is 18.4 Å². The second kappa shape index (κ2) is 7.83. The van der Waals surface area contributed by atoms with Crippen molar-refractivity contribution in [3.63, 3.8) is 0 Å². The lowest BCUT2D eigenvalue weighted by molar-refractivity contribution is 0.353. The molecule has 2 rings (SSSR count). The number of hydrogen-bond donors (Lipinski definition) is 0. The fourth-order valence-electron chi connectivity index (χ4n) is 2.21. The summed E-state index contributed by atoms with van der Waals surface area (Å²) in [7, 11) is -0.575. The third-order valence-corrected chi connectivity index (χ3v) is 5.63. The fourth-order valence-corrected chi connectivity index (χ4v) is 3.71. The van der Waals surface area contributed by atoms with E-state index in [-0.39, 0.29) is 16.6 Å². The molecule has 0 amide bonds. The number of halogens is 1. The lowest BCUT2D eigenvalue weighted by Crippen LogP contribution is -2.30. The lowest BCUT2D eigenvalue weighted by atomic mass is 10.2. The second-order valence-corrected chi connectivity index (χ2v) is 7.26. The van der Waals surface area contributed by atoms with E-state index in [0.717, 1.165) is 5.56 Å². The first-order valence-corrected chi connectivity index (χ1v) is 9.06. The van der Waals surface area contributed by atoms with Gasteiger partial charge in [0, 0.05) is 19.3 Å². The van der Waals surface area contributed by atoms with Gasteiger partial charge in [0.2, 0.25) is 10.0 Å². The smallest absolute Gasteiger partial charge is 0.244 e. The van der Waals surface area contributed by atoms with Crippen molar-refractivity contribution in [1.29, 1.82) is 0 Å². The van der Waals surface area contributed by atoms with Crippen LogP contribution in [0, 0.1) is 0 Å². The highest BCUT2D eigenvalue weighted by molar-refractivity contribution is 7.89. The molecule has 1 aromatic heterocycles. The first-order chi connectivity index (χ1) is 11.4. The first-order valence-electron chi connectivity index (χ1n) is 7.25. The number of hydrogen-bond acceptors (Lipinski definition) is 5. The molecule has 0 aliphatic rings. The summed E-state index contributed by atoms with van der Waals surface area (Å²) in [5.74, 6) is 1.14. The van der Waals surface area contributed by atoms with Gasteiger partial charge in [-0.15, -0.1) is 0 Å². The molecule has 0 aliphatic heterocycles. The summed E-state index contributed by atoms with van der Waals surface area (Å²) < 4.78 is 37.3. The third kappa shape index (κ3) is 3.98. The van der Waals surface area contributed by atoms with Gasteiger partial charge in [0.25, 0.3) is 0 Å². The molecule has 0 N–H and O–H groups in total. The summed E-state index contributed by atoms with van der Waals surface area (Å²) in [6, 6.07) is 8.22.